The third kappa shape index (κ3) is 21.5. The van der Waals surface area contributed by atoms with Crippen LogP contribution < -0.4 is 16.8 Å². The zero-order valence-corrected chi connectivity index (χ0v) is 15.7. The van der Waals surface area contributed by atoms with E-state index in [9.17, 15) is 35.9 Å². The van der Waals surface area contributed by atoms with Crippen LogP contribution in [0.15, 0.2) is 0 Å². The molecule has 0 aromatic carbocycles. The zero-order chi connectivity index (χ0) is 25.4. The molecule has 0 aromatic heterocycles. The lowest BCUT2D eigenvalue weighted by atomic mass is 10.1. The third-order valence-corrected chi connectivity index (χ3v) is 2.72. The summed E-state index contributed by atoms with van der Waals surface area (Å²) in [7, 11) is 0. The van der Waals surface area contributed by atoms with Gasteiger partial charge in [-0.3, -0.25) is 9.59 Å². The maximum atomic E-state index is 11.3. The molecule has 10 nitrogen and oxygen atoms in total. The van der Waals surface area contributed by atoms with E-state index in [4.69, 9.17) is 42.8 Å². The van der Waals surface area contributed by atoms with E-state index in [0.717, 1.165) is 0 Å². The molecular weight excluding hydrogens is 448 g/mol. The Morgan fingerprint density at radius 2 is 1.26 bits per heavy atom. The number of aliphatic carboxylic acids is 3. The van der Waals surface area contributed by atoms with E-state index in [1.54, 1.807) is 0 Å². The summed E-state index contributed by atoms with van der Waals surface area (Å²) >= 11 is 0. The number of hydrogen-bond acceptors (Lipinski definition) is 6. The van der Waals surface area contributed by atoms with Gasteiger partial charge in [0.15, 0.2) is 0 Å². The van der Waals surface area contributed by atoms with Crippen molar-refractivity contribution in [1.29, 1.82) is 0 Å². The van der Waals surface area contributed by atoms with Crippen LogP contribution in [0, 0.1) is 12.3 Å². The molecule has 1 unspecified atom stereocenters. The number of halogens is 6. The molecule has 2 atom stereocenters. The second kappa shape index (κ2) is 15.7. The van der Waals surface area contributed by atoms with Gasteiger partial charge >= 0.3 is 30.3 Å². The predicted octanol–water partition coefficient (Wildman–Crippen LogP) is 0.302. The molecule has 1 amide bonds. The van der Waals surface area contributed by atoms with Crippen molar-refractivity contribution in [2.75, 3.05) is 6.54 Å². The molecule has 0 bridgehead atoms. The van der Waals surface area contributed by atoms with Crippen molar-refractivity contribution in [3.63, 3.8) is 0 Å². The van der Waals surface area contributed by atoms with Crippen LogP contribution in [0.4, 0.5) is 26.3 Å². The van der Waals surface area contributed by atoms with Gasteiger partial charge in [0.1, 0.15) is 6.04 Å². The Kier molecular flexibility index (Phi) is 16.5. The maximum Gasteiger partial charge on any atom is 0.490 e. The SMILES string of the molecule is C#CCC(N)C(=O)NCCCC[C@H](N)C(=O)O.O=C(O)C(F)(F)F.O=C(O)C(F)(F)F. The van der Waals surface area contributed by atoms with Gasteiger partial charge in [-0.15, -0.1) is 12.3 Å². The average Bonchev–Trinajstić information content (AvgIpc) is 2.60. The monoisotopic (exact) mass is 469 g/mol. The summed E-state index contributed by atoms with van der Waals surface area (Å²) in [5.41, 5.74) is 10.8. The minimum atomic E-state index is -5.08. The summed E-state index contributed by atoms with van der Waals surface area (Å²) in [4.78, 5) is 39.5. The van der Waals surface area contributed by atoms with Gasteiger partial charge in [-0.25, -0.2) is 9.59 Å². The van der Waals surface area contributed by atoms with E-state index in [0.29, 0.717) is 25.8 Å². The Morgan fingerprint density at radius 3 is 1.55 bits per heavy atom. The van der Waals surface area contributed by atoms with Crippen LogP contribution in [-0.2, 0) is 19.2 Å². The normalized spacial score (nSPS) is 12.5. The van der Waals surface area contributed by atoms with Crippen LogP contribution in [0.2, 0.25) is 0 Å². The molecule has 180 valence electrons. The van der Waals surface area contributed by atoms with Crippen LogP contribution in [0.3, 0.4) is 0 Å². The molecule has 0 saturated heterocycles. The number of carbonyl (C=O) groups is 4. The van der Waals surface area contributed by atoms with E-state index in [1.165, 1.54) is 0 Å². The first-order chi connectivity index (χ1) is 13.9. The lowest BCUT2D eigenvalue weighted by molar-refractivity contribution is -0.193. The highest BCUT2D eigenvalue weighted by atomic mass is 19.4. The fraction of sp³-hybridized carbons (Fsp3) is 0.600. The van der Waals surface area contributed by atoms with Crippen molar-refractivity contribution in [1.82, 2.24) is 5.32 Å². The first-order valence-corrected chi connectivity index (χ1v) is 7.93. The summed E-state index contributed by atoms with van der Waals surface area (Å²) in [5, 5.41) is 25.4. The molecule has 0 radical (unpaired) electrons. The second-order valence-corrected chi connectivity index (χ2v) is 5.35. The molecule has 0 saturated carbocycles. The first kappa shape index (κ1) is 32.6. The zero-order valence-electron chi connectivity index (χ0n) is 15.7. The van der Waals surface area contributed by atoms with Gasteiger partial charge in [-0.05, 0) is 19.3 Å². The number of nitrogens with two attached hydrogens (primary N) is 2. The maximum absolute atomic E-state index is 11.3. The summed E-state index contributed by atoms with van der Waals surface area (Å²) in [6.07, 6.45) is -3.25. The highest BCUT2D eigenvalue weighted by Crippen LogP contribution is 2.13. The number of unbranched alkanes of at least 4 members (excludes halogenated alkanes) is 1. The van der Waals surface area contributed by atoms with E-state index < -0.39 is 42.3 Å². The molecular formula is C15H21F6N3O7. The summed E-state index contributed by atoms with van der Waals surface area (Å²) in [6, 6.07) is -1.52. The van der Waals surface area contributed by atoms with Gasteiger partial charge in [0.05, 0.1) is 6.04 Å². The Balaban J connectivity index is -0.000000460. The standard InChI is InChI=1S/C11H19N3O3.2C2HF3O2/c1-2-5-8(12)10(15)14-7-4-3-6-9(13)11(16)17;2*3-2(4,5)1(6)7/h1,8-9H,3-7,12-13H2,(H,14,15)(H,16,17);2*(H,6,7)/t8?,9-;;/m0../s1. The average molecular weight is 469 g/mol. The summed E-state index contributed by atoms with van der Waals surface area (Å²) in [6.45, 7) is 0.448. The van der Waals surface area contributed by atoms with E-state index in [2.05, 4.69) is 11.2 Å². The molecule has 0 aliphatic heterocycles. The highest BCUT2D eigenvalue weighted by molar-refractivity contribution is 5.81. The van der Waals surface area contributed by atoms with Gasteiger partial charge < -0.3 is 32.1 Å². The van der Waals surface area contributed by atoms with Crippen molar-refractivity contribution in [3.05, 3.63) is 0 Å². The van der Waals surface area contributed by atoms with Gasteiger partial charge in [-0.2, -0.15) is 26.3 Å². The molecule has 0 rings (SSSR count). The topological polar surface area (TPSA) is 193 Å². The van der Waals surface area contributed by atoms with Crippen molar-refractivity contribution in [2.24, 2.45) is 11.5 Å². The highest BCUT2D eigenvalue weighted by Gasteiger charge is 2.38. The fourth-order valence-corrected chi connectivity index (χ4v) is 1.18. The quantitative estimate of drug-likeness (QED) is 0.165. The lowest BCUT2D eigenvalue weighted by Crippen LogP contribution is -2.40. The Bertz CT molecular complexity index is 608. The smallest absolute Gasteiger partial charge is 0.480 e. The number of rotatable bonds is 8. The molecule has 0 aliphatic carbocycles. The lowest BCUT2D eigenvalue weighted by Gasteiger charge is -2.10. The number of alkyl halides is 6. The second-order valence-electron chi connectivity index (χ2n) is 5.35. The summed E-state index contributed by atoms with van der Waals surface area (Å²) < 4.78 is 63.5. The number of carboxylic acid groups (broad SMARTS) is 3. The minimum absolute atomic E-state index is 0.204. The molecule has 0 aromatic rings. The van der Waals surface area contributed by atoms with Crippen molar-refractivity contribution in [2.45, 2.75) is 50.1 Å². The molecule has 31 heavy (non-hydrogen) atoms. The first-order valence-electron chi connectivity index (χ1n) is 7.93. The van der Waals surface area contributed by atoms with E-state index in [-0.39, 0.29) is 12.3 Å². The van der Waals surface area contributed by atoms with Crippen LogP contribution >= 0.6 is 0 Å². The fourth-order valence-electron chi connectivity index (χ4n) is 1.18. The number of hydrogen-bond donors (Lipinski definition) is 6. The largest absolute Gasteiger partial charge is 0.490 e. The van der Waals surface area contributed by atoms with Crippen molar-refractivity contribution in [3.8, 4) is 12.3 Å². The summed E-state index contributed by atoms with van der Waals surface area (Å²) in [5.74, 6) is -4.50. The molecule has 16 heteroatoms. The van der Waals surface area contributed by atoms with Gasteiger partial charge in [0, 0.05) is 13.0 Å². The van der Waals surface area contributed by atoms with Crippen molar-refractivity contribution < 1.29 is 60.8 Å². The third-order valence-electron chi connectivity index (χ3n) is 2.72. The van der Waals surface area contributed by atoms with Crippen molar-refractivity contribution >= 4 is 23.8 Å². The molecule has 0 spiro atoms. The number of terminal acetylenes is 1. The van der Waals surface area contributed by atoms with Crippen LogP contribution in [0.25, 0.3) is 0 Å². The van der Waals surface area contributed by atoms with Crippen LogP contribution in [-0.4, -0.2) is 70.1 Å². The Labute approximate surface area is 171 Å². The predicted molar refractivity (Wildman–Crippen MR) is 91.3 cm³/mol. The van der Waals surface area contributed by atoms with Crippen LogP contribution in [0.5, 0.6) is 0 Å². The Morgan fingerprint density at radius 1 is 0.871 bits per heavy atom. The van der Waals surface area contributed by atoms with Gasteiger partial charge in [-0.1, -0.05) is 0 Å². The Hall–Kier alpha value is -3.06. The van der Waals surface area contributed by atoms with Crippen LogP contribution in [0.1, 0.15) is 25.7 Å². The number of amides is 1. The van der Waals surface area contributed by atoms with E-state index in [1.807, 2.05) is 0 Å². The molecule has 0 aliphatic rings. The number of carboxylic acids is 3. The molecule has 0 fully saturated rings. The van der Waals surface area contributed by atoms with E-state index >= 15 is 0 Å². The van der Waals surface area contributed by atoms with Gasteiger partial charge in [0.2, 0.25) is 5.91 Å². The minimum Gasteiger partial charge on any atom is -0.480 e. The molecule has 0 heterocycles. The van der Waals surface area contributed by atoms with Gasteiger partial charge in [0.25, 0.3) is 0 Å². The molecule has 8 N–H and O–H groups in total. The number of nitrogens with one attached hydrogen (secondary N) is 1. The number of carbonyl (C=O) groups excluding carboxylic acids is 1.